The number of hydrazine groups is 1. The van der Waals surface area contributed by atoms with E-state index in [4.69, 9.17) is 11.6 Å². The molecule has 2 aromatic carbocycles. The summed E-state index contributed by atoms with van der Waals surface area (Å²) in [7, 11) is 0. The van der Waals surface area contributed by atoms with E-state index in [-0.39, 0.29) is 12.1 Å². The van der Waals surface area contributed by atoms with Crippen LogP contribution in [0.4, 0.5) is 9.18 Å². The van der Waals surface area contributed by atoms with Crippen LogP contribution >= 0.6 is 11.6 Å². The number of carbonyl (C=O) groups excluding carboxylic acids is 2. The Morgan fingerprint density at radius 3 is 2.23 bits per heavy atom. The predicted octanol–water partition coefficient (Wildman–Crippen LogP) is 2.62. The first-order valence-electron chi connectivity index (χ1n) is 6.39. The molecule has 7 heteroatoms. The van der Waals surface area contributed by atoms with Crippen LogP contribution < -0.4 is 16.2 Å². The number of rotatable bonds is 3. The summed E-state index contributed by atoms with van der Waals surface area (Å²) in [5.74, 6) is -0.980. The third-order valence-corrected chi connectivity index (χ3v) is 3.01. The van der Waals surface area contributed by atoms with Gasteiger partial charge in [-0.3, -0.25) is 10.2 Å². The van der Waals surface area contributed by atoms with Gasteiger partial charge in [-0.1, -0.05) is 23.7 Å². The summed E-state index contributed by atoms with van der Waals surface area (Å²) in [5, 5.41) is 3.18. The second-order valence-corrected chi connectivity index (χ2v) is 4.83. The van der Waals surface area contributed by atoms with Crippen LogP contribution in [-0.4, -0.2) is 11.9 Å². The minimum absolute atomic E-state index is 0.236. The zero-order valence-corrected chi connectivity index (χ0v) is 12.2. The Balaban J connectivity index is 1.76. The Morgan fingerprint density at radius 2 is 1.59 bits per heavy atom. The molecule has 5 nitrogen and oxygen atoms in total. The van der Waals surface area contributed by atoms with Gasteiger partial charge in [0.1, 0.15) is 5.82 Å². The molecule has 3 amide bonds. The quantitative estimate of drug-likeness (QED) is 0.761. The smallest absolute Gasteiger partial charge is 0.333 e. The highest BCUT2D eigenvalue weighted by molar-refractivity contribution is 6.30. The lowest BCUT2D eigenvalue weighted by Gasteiger charge is -2.09. The van der Waals surface area contributed by atoms with Crippen LogP contribution in [0, 0.1) is 5.82 Å². The van der Waals surface area contributed by atoms with E-state index in [0.717, 1.165) is 17.7 Å². The van der Waals surface area contributed by atoms with Crippen LogP contribution in [0.3, 0.4) is 0 Å². The molecule has 0 saturated heterocycles. The molecule has 0 unspecified atom stereocenters. The minimum Gasteiger partial charge on any atom is -0.333 e. The van der Waals surface area contributed by atoms with Gasteiger partial charge in [0.15, 0.2) is 0 Å². The summed E-state index contributed by atoms with van der Waals surface area (Å²) in [6, 6.07) is 11.4. The highest BCUT2D eigenvalue weighted by Gasteiger charge is 2.07. The SMILES string of the molecule is O=C(NCc1ccc(Cl)cc1)NNC(=O)c1ccc(F)cc1. The largest absolute Gasteiger partial charge is 0.333 e. The fourth-order valence-corrected chi connectivity index (χ4v) is 1.74. The van der Waals surface area contributed by atoms with Gasteiger partial charge in [-0.25, -0.2) is 14.6 Å². The molecule has 2 rings (SSSR count). The Bertz CT molecular complexity index is 659. The van der Waals surface area contributed by atoms with E-state index < -0.39 is 17.8 Å². The van der Waals surface area contributed by atoms with Gasteiger partial charge >= 0.3 is 6.03 Å². The zero-order chi connectivity index (χ0) is 15.9. The van der Waals surface area contributed by atoms with Crippen molar-refractivity contribution < 1.29 is 14.0 Å². The van der Waals surface area contributed by atoms with Gasteiger partial charge in [-0.05, 0) is 42.0 Å². The standard InChI is InChI=1S/C15H13ClFN3O2/c16-12-5-1-10(2-6-12)9-18-15(22)20-19-14(21)11-3-7-13(17)8-4-11/h1-8H,9H2,(H,19,21)(H2,18,20,22). The van der Waals surface area contributed by atoms with Crippen molar-refractivity contribution >= 4 is 23.5 Å². The lowest BCUT2D eigenvalue weighted by atomic mass is 10.2. The number of hydrogen-bond acceptors (Lipinski definition) is 2. The number of urea groups is 1. The number of nitrogens with one attached hydrogen (secondary N) is 3. The normalized spacial score (nSPS) is 9.91. The number of hydrogen-bond donors (Lipinski definition) is 3. The van der Waals surface area contributed by atoms with Crippen molar-refractivity contribution in [2.45, 2.75) is 6.54 Å². The van der Waals surface area contributed by atoms with Crippen molar-refractivity contribution in [3.8, 4) is 0 Å². The molecular weight excluding hydrogens is 309 g/mol. The summed E-state index contributed by atoms with van der Waals surface area (Å²) >= 11 is 5.76. The van der Waals surface area contributed by atoms with Crippen LogP contribution in [0.5, 0.6) is 0 Å². The van der Waals surface area contributed by atoms with Gasteiger partial charge < -0.3 is 5.32 Å². The van der Waals surface area contributed by atoms with Crippen molar-refractivity contribution in [1.29, 1.82) is 0 Å². The number of amides is 3. The number of halogens is 2. The molecule has 114 valence electrons. The molecule has 22 heavy (non-hydrogen) atoms. The fraction of sp³-hybridized carbons (Fsp3) is 0.0667. The average Bonchev–Trinajstić information content (AvgIpc) is 2.52. The molecule has 0 aromatic heterocycles. The third kappa shape index (κ3) is 4.75. The molecular formula is C15H13ClFN3O2. The fourth-order valence-electron chi connectivity index (χ4n) is 1.62. The maximum absolute atomic E-state index is 12.7. The van der Waals surface area contributed by atoms with Crippen molar-refractivity contribution in [2.24, 2.45) is 0 Å². The zero-order valence-electron chi connectivity index (χ0n) is 11.4. The first-order chi connectivity index (χ1) is 10.5. The van der Waals surface area contributed by atoms with E-state index in [2.05, 4.69) is 16.2 Å². The van der Waals surface area contributed by atoms with Crippen molar-refractivity contribution in [3.63, 3.8) is 0 Å². The van der Waals surface area contributed by atoms with Crippen LogP contribution in [0.2, 0.25) is 5.02 Å². The highest BCUT2D eigenvalue weighted by Crippen LogP contribution is 2.09. The van der Waals surface area contributed by atoms with Crippen LogP contribution in [-0.2, 0) is 6.54 Å². The Morgan fingerprint density at radius 1 is 0.955 bits per heavy atom. The molecule has 0 radical (unpaired) electrons. The van der Waals surface area contributed by atoms with Crippen LogP contribution in [0.15, 0.2) is 48.5 Å². The van der Waals surface area contributed by atoms with Gasteiger partial charge in [-0.2, -0.15) is 0 Å². The average molecular weight is 322 g/mol. The van der Waals surface area contributed by atoms with Gasteiger partial charge in [0, 0.05) is 17.1 Å². The van der Waals surface area contributed by atoms with Crippen LogP contribution in [0.25, 0.3) is 0 Å². The van der Waals surface area contributed by atoms with Crippen molar-refractivity contribution in [1.82, 2.24) is 16.2 Å². The molecule has 0 atom stereocenters. The van der Waals surface area contributed by atoms with Gasteiger partial charge in [0.05, 0.1) is 0 Å². The van der Waals surface area contributed by atoms with Gasteiger partial charge in [-0.15, -0.1) is 0 Å². The van der Waals surface area contributed by atoms with E-state index in [0.29, 0.717) is 5.02 Å². The molecule has 0 aliphatic rings. The summed E-state index contributed by atoms with van der Waals surface area (Å²) in [6.45, 7) is 0.287. The Kier molecular flexibility index (Phi) is 5.32. The number of carbonyl (C=O) groups is 2. The maximum Gasteiger partial charge on any atom is 0.333 e. The van der Waals surface area contributed by atoms with Crippen molar-refractivity contribution in [2.75, 3.05) is 0 Å². The highest BCUT2D eigenvalue weighted by atomic mass is 35.5. The molecule has 2 aromatic rings. The molecule has 0 heterocycles. The van der Waals surface area contributed by atoms with E-state index in [1.165, 1.54) is 12.1 Å². The molecule has 0 spiro atoms. The lowest BCUT2D eigenvalue weighted by Crippen LogP contribution is -2.46. The van der Waals surface area contributed by atoms with Gasteiger partial charge in [0.2, 0.25) is 0 Å². The summed E-state index contributed by atoms with van der Waals surface area (Å²) < 4.78 is 12.7. The minimum atomic E-state index is -0.564. The van der Waals surface area contributed by atoms with E-state index >= 15 is 0 Å². The second kappa shape index (κ2) is 7.42. The maximum atomic E-state index is 12.7. The topological polar surface area (TPSA) is 70.2 Å². The molecule has 0 aliphatic carbocycles. The van der Waals surface area contributed by atoms with Crippen molar-refractivity contribution in [3.05, 3.63) is 70.5 Å². The van der Waals surface area contributed by atoms with E-state index in [9.17, 15) is 14.0 Å². The molecule has 0 bridgehead atoms. The molecule has 0 saturated carbocycles. The second-order valence-electron chi connectivity index (χ2n) is 4.40. The summed E-state index contributed by atoms with van der Waals surface area (Å²) in [5.41, 5.74) is 5.53. The third-order valence-electron chi connectivity index (χ3n) is 2.76. The van der Waals surface area contributed by atoms with E-state index in [1.807, 2.05) is 0 Å². The Hall–Kier alpha value is -2.60. The lowest BCUT2D eigenvalue weighted by molar-refractivity contribution is 0.0936. The summed E-state index contributed by atoms with van der Waals surface area (Å²) in [6.07, 6.45) is 0. The Labute approximate surface area is 131 Å². The monoisotopic (exact) mass is 321 g/mol. The summed E-state index contributed by atoms with van der Waals surface area (Å²) in [4.78, 5) is 23.2. The molecule has 0 aliphatic heterocycles. The predicted molar refractivity (Wildman–Crippen MR) is 80.7 cm³/mol. The van der Waals surface area contributed by atoms with E-state index in [1.54, 1.807) is 24.3 Å². The molecule has 0 fully saturated rings. The first kappa shape index (κ1) is 15.8. The molecule has 3 N–H and O–H groups in total. The van der Waals surface area contributed by atoms with Gasteiger partial charge in [0.25, 0.3) is 5.91 Å². The van der Waals surface area contributed by atoms with Crippen LogP contribution in [0.1, 0.15) is 15.9 Å². The number of benzene rings is 2. The first-order valence-corrected chi connectivity index (χ1v) is 6.76.